The van der Waals surface area contributed by atoms with Crippen LogP contribution < -0.4 is 0 Å². The zero-order chi connectivity index (χ0) is 31.0. The lowest BCUT2D eigenvalue weighted by atomic mass is 9.86. The van der Waals surface area contributed by atoms with Gasteiger partial charge in [-0.1, -0.05) is 26.5 Å². The second-order valence-corrected chi connectivity index (χ2v) is 12.5. The van der Waals surface area contributed by atoms with Gasteiger partial charge in [-0.25, -0.2) is 4.98 Å². The van der Waals surface area contributed by atoms with E-state index in [-0.39, 0.29) is 17.7 Å². The van der Waals surface area contributed by atoms with Crippen LogP contribution in [0.25, 0.3) is 39.3 Å². The SMILES string of the molecule is C=Cc1c(C)c2cc3nc(c(C)c4cc(C)c(cc5nc(cc1[nH]2)C(C)=C5CC)[nH]4)[C@@H](CCC(=O)N(C)CCCCl)[C@@H]3C. The molecule has 2 atom stereocenters. The number of nitrogens with one attached hydrogen (secondary N) is 2. The third kappa shape index (κ3) is 5.82. The quantitative estimate of drug-likeness (QED) is 0.254. The lowest BCUT2D eigenvalue weighted by Gasteiger charge is -2.20. The smallest absolute Gasteiger partial charge is 0.222 e. The Labute approximate surface area is 260 Å². The Morgan fingerprint density at radius 3 is 2.40 bits per heavy atom. The number of fused-ring (bicyclic) bond motifs is 8. The number of amides is 1. The zero-order valence-corrected chi connectivity index (χ0v) is 27.4. The summed E-state index contributed by atoms with van der Waals surface area (Å²) < 4.78 is 0. The summed E-state index contributed by atoms with van der Waals surface area (Å²) in [7, 11) is 1.87. The van der Waals surface area contributed by atoms with Crippen LogP contribution in [0, 0.1) is 20.8 Å². The van der Waals surface area contributed by atoms with E-state index in [0.29, 0.717) is 18.8 Å². The predicted molar refractivity (Wildman–Crippen MR) is 181 cm³/mol. The van der Waals surface area contributed by atoms with Crippen LogP contribution >= 0.6 is 11.6 Å². The largest absolute Gasteiger partial charge is 0.355 e. The standard InChI is InChI=1S/C36H44ClN5O/c1-9-25-22(5)31-19-34-26(10-2)21(4)30(39-34)18-32-23(6)27(12-13-35(43)42(8)15-11-14-37)36(41-32)24(7)29-16-20(3)28(38-29)17-33(25)40-31/h10,16-19,23,27,38-39H,2,9,11-15H2,1,3-8H3/t23-,27-/m0/s1. The summed E-state index contributed by atoms with van der Waals surface area (Å²) in [5, 5.41) is 0. The van der Waals surface area contributed by atoms with E-state index in [1.807, 2.05) is 13.1 Å². The van der Waals surface area contributed by atoms with Crippen molar-refractivity contribution in [2.45, 2.75) is 79.1 Å². The van der Waals surface area contributed by atoms with Gasteiger partial charge in [0.05, 0.1) is 11.4 Å². The third-order valence-corrected chi connectivity index (χ3v) is 9.67. The highest BCUT2D eigenvalue weighted by Crippen LogP contribution is 2.42. The molecule has 7 heteroatoms. The summed E-state index contributed by atoms with van der Waals surface area (Å²) in [6, 6.07) is 8.72. The Morgan fingerprint density at radius 2 is 1.70 bits per heavy atom. The lowest BCUT2D eigenvalue weighted by molar-refractivity contribution is -0.130. The number of hydrogen-bond donors (Lipinski definition) is 2. The van der Waals surface area contributed by atoms with Gasteiger partial charge in [-0.2, -0.15) is 0 Å². The van der Waals surface area contributed by atoms with Crippen molar-refractivity contribution in [3.05, 3.63) is 75.9 Å². The Bertz CT molecular complexity index is 1780. The van der Waals surface area contributed by atoms with Gasteiger partial charge in [0.15, 0.2) is 0 Å². The fourth-order valence-corrected chi connectivity index (χ4v) is 6.68. The molecule has 43 heavy (non-hydrogen) atoms. The van der Waals surface area contributed by atoms with Gasteiger partial charge in [0.1, 0.15) is 0 Å². The number of nitrogens with zero attached hydrogens (tertiary/aromatic N) is 3. The summed E-state index contributed by atoms with van der Waals surface area (Å²) in [6.07, 6.45) is 4.83. The minimum atomic E-state index is 0.122. The molecule has 0 unspecified atom stereocenters. The minimum absolute atomic E-state index is 0.122. The Balaban J connectivity index is 1.75. The number of rotatable bonds is 8. The van der Waals surface area contributed by atoms with Gasteiger partial charge in [-0.3, -0.25) is 9.78 Å². The van der Waals surface area contributed by atoms with E-state index in [1.165, 1.54) is 16.7 Å². The van der Waals surface area contributed by atoms with Gasteiger partial charge in [-0.05, 0) is 99.1 Å². The Kier molecular flexibility index (Phi) is 8.98. The molecule has 3 aromatic heterocycles. The average Bonchev–Trinajstić information content (AvgIpc) is 3.68. The van der Waals surface area contributed by atoms with E-state index < -0.39 is 0 Å². The number of aromatic amines is 2. The first kappa shape index (κ1) is 30.8. The van der Waals surface area contributed by atoms with E-state index >= 15 is 0 Å². The van der Waals surface area contributed by atoms with Gasteiger partial charge in [0.25, 0.3) is 0 Å². The molecule has 5 rings (SSSR count). The molecule has 2 aliphatic heterocycles. The van der Waals surface area contributed by atoms with Crippen molar-refractivity contribution >= 4 is 56.8 Å². The van der Waals surface area contributed by atoms with Crippen molar-refractivity contribution in [1.29, 1.82) is 0 Å². The molecule has 0 saturated heterocycles. The second kappa shape index (κ2) is 12.5. The van der Waals surface area contributed by atoms with Crippen LogP contribution in [0.5, 0.6) is 0 Å². The summed E-state index contributed by atoms with van der Waals surface area (Å²) in [5.41, 5.74) is 15.1. The number of allylic oxidation sites excluding steroid dienone is 2. The number of carbonyl (C=O) groups is 1. The van der Waals surface area contributed by atoms with E-state index in [9.17, 15) is 4.79 Å². The van der Waals surface area contributed by atoms with Crippen LogP contribution in [0.2, 0.25) is 0 Å². The van der Waals surface area contributed by atoms with Crippen LogP contribution in [0.1, 0.15) is 103 Å². The summed E-state index contributed by atoms with van der Waals surface area (Å²) >= 11 is 5.87. The topological polar surface area (TPSA) is 77.7 Å². The third-order valence-electron chi connectivity index (χ3n) is 9.40. The molecule has 0 aliphatic carbocycles. The molecule has 0 fully saturated rings. The predicted octanol–water partition coefficient (Wildman–Crippen LogP) is 8.98. The number of halogens is 1. The van der Waals surface area contributed by atoms with Crippen molar-refractivity contribution in [3.8, 4) is 0 Å². The molecule has 3 aromatic rings. The van der Waals surface area contributed by atoms with E-state index in [2.05, 4.69) is 82.4 Å². The second-order valence-electron chi connectivity index (χ2n) is 12.1. The molecule has 5 heterocycles. The highest BCUT2D eigenvalue weighted by atomic mass is 35.5. The number of H-pyrrole nitrogens is 2. The van der Waals surface area contributed by atoms with Gasteiger partial charge >= 0.3 is 0 Å². The van der Waals surface area contributed by atoms with Crippen LogP contribution in [0.4, 0.5) is 0 Å². The number of hydrogen-bond acceptors (Lipinski definition) is 3. The molecule has 2 N–H and O–H groups in total. The monoisotopic (exact) mass is 597 g/mol. The summed E-state index contributed by atoms with van der Waals surface area (Å²) in [6.45, 7) is 17.8. The minimum Gasteiger partial charge on any atom is -0.355 e. The first-order chi connectivity index (χ1) is 20.6. The highest BCUT2D eigenvalue weighted by Gasteiger charge is 2.31. The van der Waals surface area contributed by atoms with E-state index in [0.717, 1.165) is 80.8 Å². The average molecular weight is 598 g/mol. The van der Waals surface area contributed by atoms with Crippen molar-refractivity contribution in [3.63, 3.8) is 0 Å². The molecule has 6 nitrogen and oxygen atoms in total. The van der Waals surface area contributed by atoms with Gasteiger partial charge in [-0.15, -0.1) is 11.6 Å². The van der Waals surface area contributed by atoms with E-state index in [1.54, 1.807) is 4.90 Å². The maximum Gasteiger partial charge on any atom is 0.222 e. The maximum atomic E-state index is 13.0. The molecular formula is C36H44ClN5O. The lowest BCUT2D eigenvalue weighted by Crippen LogP contribution is -2.28. The molecule has 8 bridgehead atoms. The van der Waals surface area contributed by atoms with E-state index in [4.69, 9.17) is 21.6 Å². The van der Waals surface area contributed by atoms with Crippen molar-refractivity contribution in [2.24, 2.45) is 0 Å². The summed E-state index contributed by atoms with van der Waals surface area (Å²) in [4.78, 5) is 32.6. The molecule has 0 spiro atoms. The molecule has 2 aliphatic rings. The molecule has 0 saturated carbocycles. The van der Waals surface area contributed by atoms with Crippen LogP contribution in [-0.4, -0.2) is 50.2 Å². The van der Waals surface area contributed by atoms with Gasteiger partial charge in [0.2, 0.25) is 5.91 Å². The first-order valence-electron chi connectivity index (χ1n) is 15.4. The maximum absolute atomic E-state index is 13.0. The normalized spacial score (nSPS) is 16.6. The number of alkyl halides is 1. The van der Waals surface area contributed by atoms with Crippen molar-refractivity contribution < 1.29 is 4.79 Å². The van der Waals surface area contributed by atoms with Crippen LogP contribution in [0.15, 0.2) is 30.8 Å². The Hall–Kier alpha value is -3.64. The Morgan fingerprint density at radius 1 is 1.00 bits per heavy atom. The number of aryl methyl sites for hydroxylation is 3. The fourth-order valence-electron chi connectivity index (χ4n) is 6.56. The van der Waals surface area contributed by atoms with Crippen molar-refractivity contribution in [1.82, 2.24) is 24.8 Å². The van der Waals surface area contributed by atoms with Crippen LogP contribution in [0.3, 0.4) is 0 Å². The van der Waals surface area contributed by atoms with Gasteiger partial charge < -0.3 is 14.9 Å². The fraction of sp³-hybridized carbons (Fsp3) is 0.417. The molecular weight excluding hydrogens is 554 g/mol. The zero-order valence-electron chi connectivity index (χ0n) is 26.6. The summed E-state index contributed by atoms with van der Waals surface area (Å²) in [5.74, 6) is 0.979. The molecule has 0 aromatic carbocycles. The highest BCUT2D eigenvalue weighted by molar-refractivity contribution is 6.17. The van der Waals surface area contributed by atoms with Crippen LogP contribution in [-0.2, 0) is 4.79 Å². The first-order valence-corrected chi connectivity index (χ1v) is 16.0. The van der Waals surface area contributed by atoms with Gasteiger partial charge in [0, 0.05) is 76.7 Å². The van der Waals surface area contributed by atoms with Crippen molar-refractivity contribution in [2.75, 3.05) is 19.5 Å². The molecule has 1 amide bonds. The number of aromatic nitrogens is 4. The molecule has 226 valence electrons. The number of carbonyl (C=O) groups excluding carboxylic acids is 1. The molecule has 0 radical (unpaired) electrons.